The van der Waals surface area contributed by atoms with E-state index in [4.69, 9.17) is 4.74 Å². The van der Waals surface area contributed by atoms with Crippen molar-refractivity contribution in [2.75, 3.05) is 6.54 Å². The first kappa shape index (κ1) is 12.7. The number of fused-ring (bicyclic) bond motifs is 3. The zero-order valence-electron chi connectivity index (χ0n) is 11.6. The Kier molecular flexibility index (Phi) is 3.18. The molecule has 2 aromatic rings. The van der Waals surface area contributed by atoms with E-state index in [1.165, 1.54) is 0 Å². The van der Waals surface area contributed by atoms with Crippen LogP contribution in [0.25, 0.3) is 16.5 Å². The summed E-state index contributed by atoms with van der Waals surface area (Å²) in [4.78, 5) is 13.8. The molecule has 3 heteroatoms. The summed E-state index contributed by atoms with van der Waals surface area (Å²) in [6.45, 7) is 6.82. The van der Waals surface area contributed by atoms with Crippen LogP contribution in [0.4, 0.5) is 4.79 Å². The fraction of sp³-hybridized carbons (Fsp3) is 0.235. The second-order valence-electron chi connectivity index (χ2n) is 4.98. The number of unbranched alkanes of at least 4 members (excludes halogenated alkanes) is 1. The van der Waals surface area contributed by atoms with E-state index in [0.29, 0.717) is 12.3 Å². The number of carbonyl (C=O) groups excluding carboxylic acids is 1. The van der Waals surface area contributed by atoms with E-state index in [2.05, 4.69) is 13.5 Å². The van der Waals surface area contributed by atoms with Crippen LogP contribution >= 0.6 is 0 Å². The average Bonchev–Trinajstić information content (AvgIpc) is 2.47. The standard InChI is InChI=1S/C17H17NO2/c1-3-4-11-18-12(2)14-10-9-13-7-5-6-8-15(13)16(14)20-17(18)19/h5-10H,2-4,11H2,1H3. The molecule has 0 radical (unpaired) electrons. The van der Waals surface area contributed by atoms with Gasteiger partial charge in [0.25, 0.3) is 0 Å². The Hall–Kier alpha value is -2.29. The Bertz CT molecular complexity index is 690. The third kappa shape index (κ3) is 1.95. The minimum Gasteiger partial charge on any atom is -0.409 e. The summed E-state index contributed by atoms with van der Waals surface area (Å²) in [5, 5.41) is 2.02. The lowest BCUT2D eigenvalue weighted by Gasteiger charge is -2.30. The molecule has 0 atom stereocenters. The zero-order chi connectivity index (χ0) is 14.1. The van der Waals surface area contributed by atoms with Gasteiger partial charge in [-0.05, 0) is 17.9 Å². The molecule has 0 fully saturated rings. The summed E-state index contributed by atoms with van der Waals surface area (Å²) in [5.41, 5.74) is 1.63. The van der Waals surface area contributed by atoms with Gasteiger partial charge in [0.2, 0.25) is 0 Å². The lowest BCUT2D eigenvalue weighted by atomic mass is 10.0. The van der Waals surface area contributed by atoms with E-state index in [9.17, 15) is 4.79 Å². The maximum Gasteiger partial charge on any atom is 0.419 e. The first-order valence-corrected chi connectivity index (χ1v) is 6.92. The fourth-order valence-corrected chi connectivity index (χ4v) is 2.52. The summed E-state index contributed by atoms with van der Waals surface area (Å²) in [7, 11) is 0. The van der Waals surface area contributed by atoms with Crippen LogP contribution in [0.2, 0.25) is 0 Å². The minimum absolute atomic E-state index is 0.327. The van der Waals surface area contributed by atoms with Gasteiger partial charge < -0.3 is 4.74 Å². The van der Waals surface area contributed by atoms with Gasteiger partial charge >= 0.3 is 6.09 Å². The van der Waals surface area contributed by atoms with E-state index in [1.807, 2.05) is 36.4 Å². The molecule has 20 heavy (non-hydrogen) atoms. The molecule has 2 aromatic carbocycles. The van der Waals surface area contributed by atoms with Crippen molar-refractivity contribution < 1.29 is 9.53 Å². The summed E-state index contributed by atoms with van der Waals surface area (Å²) >= 11 is 0. The zero-order valence-corrected chi connectivity index (χ0v) is 11.6. The molecule has 0 aromatic heterocycles. The number of rotatable bonds is 3. The molecule has 3 rings (SSSR count). The largest absolute Gasteiger partial charge is 0.419 e. The number of amides is 1. The molecule has 1 amide bonds. The maximum absolute atomic E-state index is 12.2. The molecule has 1 aliphatic rings. The number of nitrogens with zero attached hydrogens (tertiary/aromatic N) is 1. The summed E-state index contributed by atoms with van der Waals surface area (Å²) < 4.78 is 5.55. The highest BCUT2D eigenvalue weighted by Crippen LogP contribution is 2.38. The monoisotopic (exact) mass is 267 g/mol. The molecule has 3 nitrogen and oxygen atoms in total. The van der Waals surface area contributed by atoms with Crippen LogP contribution in [0, 0.1) is 0 Å². The van der Waals surface area contributed by atoms with Gasteiger partial charge in [0.15, 0.2) is 0 Å². The van der Waals surface area contributed by atoms with E-state index in [0.717, 1.165) is 34.9 Å². The molecule has 0 aliphatic carbocycles. The normalized spacial score (nSPS) is 14.3. The average molecular weight is 267 g/mol. The van der Waals surface area contributed by atoms with Crippen molar-refractivity contribution in [1.29, 1.82) is 0 Å². The fourth-order valence-electron chi connectivity index (χ4n) is 2.52. The maximum atomic E-state index is 12.2. The van der Waals surface area contributed by atoms with Gasteiger partial charge in [-0.1, -0.05) is 50.3 Å². The molecular formula is C17H17NO2. The first-order valence-electron chi connectivity index (χ1n) is 6.92. The summed E-state index contributed by atoms with van der Waals surface area (Å²) in [5.74, 6) is 0.630. The topological polar surface area (TPSA) is 29.5 Å². The highest BCUT2D eigenvalue weighted by Gasteiger charge is 2.29. The summed E-state index contributed by atoms with van der Waals surface area (Å²) in [6.07, 6.45) is 1.64. The quantitative estimate of drug-likeness (QED) is 0.823. The third-order valence-electron chi connectivity index (χ3n) is 3.66. The van der Waals surface area contributed by atoms with Crippen LogP contribution in [0.15, 0.2) is 43.0 Å². The molecule has 0 spiro atoms. The molecule has 0 saturated heterocycles. The van der Waals surface area contributed by atoms with Gasteiger partial charge in [-0.15, -0.1) is 0 Å². The van der Waals surface area contributed by atoms with Gasteiger partial charge in [-0.2, -0.15) is 0 Å². The van der Waals surface area contributed by atoms with Crippen molar-refractivity contribution in [3.8, 4) is 5.75 Å². The molecule has 0 N–H and O–H groups in total. The first-order chi connectivity index (χ1) is 9.72. The van der Waals surface area contributed by atoms with Gasteiger partial charge in [0.1, 0.15) is 5.75 Å². The SMILES string of the molecule is C=C1c2ccc3ccccc3c2OC(=O)N1CCCC. The van der Waals surface area contributed by atoms with Crippen LogP contribution in [0.1, 0.15) is 25.3 Å². The Balaban J connectivity index is 2.08. The molecule has 0 saturated carbocycles. The van der Waals surface area contributed by atoms with Crippen molar-refractivity contribution in [3.05, 3.63) is 48.5 Å². The Morgan fingerprint density at radius 1 is 1.20 bits per heavy atom. The highest BCUT2D eigenvalue weighted by atomic mass is 16.6. The second-order valence-corrected chi connectivity index (χ2v) is 4.98. The predicted molar refractivity (Wildman–Crippen MR) is 80.6 cm³/mol. The van der Waals surface area contributed by atoms with Crippen LogP contribution in [-0.2, 0) is 0 Å². The van der Waals surface area contributed by atoms with Gasteiger partial charge in [-0.3, -0.25) is 4.90 Å². The van der Waals surface area contributed by atoms with Crippen LogP contribution < -0.4 is 4.74 Å². The lowest BCUT2D eigenvalue weighted by Crippen LogP contribution is -2.36. The van der Waals surface area contributed by atoms with Crippen molar-refractivity contribution in [2.45, 2.75) is 19.8 Å². The molecule has 1 heterocycles. The number of hydrogen-bond donors (Lipinski definition) is 0. The van der Waals surface area contributed by atoms with E-state index in [-0.39, 0.29) is 6.09 Å². The number of carbonyl (C=O) groups is 1. The molecule has 0 unspecified atom stereocenters. The van der Waals surface area contributed by atoms with Crippen LogP contribution in [0.3, 0.4) is 0 Å². The van der Waals surface area contributed by atoms with Crippen molar-refractivity contribution in [3.63, 3.8) is 0 Å². The van der Waals surface area contributed by atoms with E-state index >= 15 is 0 Å². The number of benzene rings is 2. The van der Waals surface area contributed by atoms with Crippen LogP contribution in [-0.4, -0.2) is 17.5 Å². The third-order valence-corrected chi connectivity index (χ3v) is 3.66. The molecular weight excluding hydrogens is 250 g/mol. The van der Waals surface area contributed by atoms with Gasteiger partial charge in [0.05, 0.1) is 5.70 Å². The van der Waals surface area contributed by atoms with Gasteiger partial charge in [-0.25, -0.2) is 4.79 Å². The molecule has 1 aliphatic heterocycles. The van der Waals surface area contributed by atoms with Crippen molar-refractivity contribution >= 4 is 22.6 Å². The molecule has 102 valence electrons. The lowest BCUT2D eigenvalue weighted by molar-refractivity contribution is 0.168. The Morgan fingerprint density at radius 2 is 2.00 bits per heavy atom. The van der Waals surface area contributed by atoms with Crippen molar-refractivity contribution in [1.82, 2.24) is 4.90 Å². The van der Waals surface area contributed by atoms with E-state index in [1.54, 1.807) is 4.90 Å². The Labute approximate surface area is 118 Å². The second kappa shape index (κ2) is 5.00. The predicted octanol–water partition coefficient (Wildman–Crippen LogP) is 4.43. The molecule has 0 bridgehead atoms. The highest BCUT2D eigenvalue weighted by molar-refractivity contribution is 5.99. The summed E-state index contributed by atoms with van der Waals surface area (Å²) in [6, 6.07) is 11.9. The van der Waals surface area contributed by atoms with Crippen molar-refractivity contribution in [2.24, 2.45) is 0 Å². The minimum atomic E-state index is -0.327. The van der Waals surface area contributed by atoms with Gasteiger partial charge in [0, 0.05) is 17.5 Å². The number of ether oxygens (including phenoxy) is 1. The smallest absolute Gasteiger partial charge is 0.409 e. The number of hydrogen-bond acceptors (Lipinski definition) is 2. The van der Waals surface area contributed by atoms with E-state index < -0.39 is 0 Å². The van der Waals surface area contributed by atoms with Crippen LogP contribution in [0.5, 0.6) is 5.75 Å². The Morgan fingerprint density at radius 3 is 2.80 bits per heavy atom.